The number of piperidine rings is 1. The molecule has 160 valence electrons. The van der Waals surface area contributed by atoms with Crippen molar-refractivity contribution in [2.24, 2.45) is 5.92 Å². The molecule has 4 rings (SSSR count). The van der Waals surface area contributed by atoms with E-state index in [0.29, 0.717) is 12.6 Å². The Bertz CT molecular complexity index is 686. The van der Waals surface area contributed by atoms with Crippen molar-refractivity contribution < 1.29 is 14.6 Å². The molecule has 5 nitrogen and oxygen atoms in total. The van der Waals surface area contributed by atoms with Gasteiger partial charge in [-0.05, 0) is 49.8 Å². The molecule has 1 heterocycles. The van der Waals surface area contributed by atoms with Crippen LogP contribution in [0, 0.1) is 5.92 Å². The number of nitrogens with zero attached hydrogens (tertiary/aromatic N) is 1. The topological polar surface area (TPSA) is 61.8 Å². The third kappa shape index (κ3) is 4.61. The molecule has 1 aromatic rings. The number of carbonyl (C=O) groups excluding carboxylic acids is 1. The number of rotatable bonds is 5. The molecule has 3 atom stereocenters. The van der Waals surface area contributed by atoms with Crippen LogP contribution in [0.15, 0.2) is 24.3 Å². The van der Waals surface area contributed by atoms with E-state index in [0.717, 1.165) is 57.2 Å². The van der Waals surface area contributed by atoms with E-state index in [1.807, 2.05) is 12.1 Å². The summed E-state index contributed by atoms with van der Waals surface area (Å²) in [5.41, 5.74) is 0.584. The Morgan fingerprint density at radius 1 is 1.10 bits per heavy atom. The molecular weight excluding hydrogens is 364 g/mol. The molecule has 2 N–H and O–H groups in total. The van der Waals surface area contributed by atoms with Gasteiger partial charge in [-0.2, -0.15) is 0 Å². The van der Waals surface area contributed by atoms with Gasteiger partial charge in [0.2, 0.25) is 5.91 Å². The van der Waals surface area contributed by atoms with Crippen molar-refractivity contribution in [3.8, 4) is 5.75 Å². The SMILES string of the molecule is COc1ccc([C@@H]2[C@@H]3CCCC[C@]3(O)CCN2CC(=O)NC2CCCCC2)cc1. The van der Waals surface area contributed by atoms with Gasteiger partial charge < -0.3 is 15.2 Å². The normalized spacial score (nSPS) is 31.1. The van der Waals surface area contributed by atoms with Gasteiger partial charge in [0.05, 0.1) is 19.3 Å². The van der Waals surface area contributed by atoms with Gasteiger partial charge in [-0.15, -0.1) is 0 Å². The summed E-state index contributed by atoms with van der Waals surface area (Å²) in [6.45, 7) is 1.18. The van der Waals surface area contributed by atoms with Crippen molar-refractivity contribution in [1.82, 2.24) is 10.2 Å². The zero-order valence-corrected chi connectivity index (χ0v) is 17.7. The average Bonchev–Trinajstić information content (AvgIpc) is 2.74. The van der Waals surface area contributed by atoms with Crippen LogP contribution in [-0.2, 0) is 4.79 Å². The molecule has 1 saturated heterocycles. The number of fused-ring (bicyclic) bond motifs is 1. The van der Waals surface area contributed by atoms with Gasteiger partial charge in [0, 0.05) is 24.5 Å². The van der Waals surface area contributed by atoms with Gasteiger partial charge in [-0.1, -0.05) is 44.2 Å². The van der Waals surface area contributed by atoms with E-state index in [-0.39, 0.29) is 17.9 Å². The van der Waals surface area contributed by atoms with E-state index < -0.39 is 5.60 Å². The van der Waals surface area contributed by atoms with E-state index in [2.05, 4.69) is 22.3 Å². The van der Waals surface area contributed by atoms with Gasteiger partial charge in [-0.25, -0.2) is 0 Å². The van der Waals surface area contributed by atoms with E-state index in [1.54, 1.807) is 7.11 Å². The number of carbonyl (C=O) groups is 1. The van der Waals surface area contributed by atoms with Crippen molar-refractivity contribution in [2.45, 2.75) is 81.9 Å². The van der Waals surface area contributed by atoms with Crippen LogP contribution in [0.4, 0.5) is 0 Å². The largest absolute Gasteiger partial charge is 0.497 e. The molecule has 29 heavy (non-hydrogen) atoms. The lowest BCUT2D eigenvalue weighted by Gasteiger charge is -2.52. The number of likely N-dealkylation sites (tertiary alicyclic amines) is 1. The second kappa shape index (κ2) is 9.05. The van der Waals surface area contributed by atoms with Gasteiger partial charge in [0.1, 0.15) is 5.75 Å². The highest BCUT2D eigenvalue weighted by molar-refractivity contribution is 5.78. The fourth-order valence-electron chi connectivity index (χ4n) is 5.87. The number of hydrogen-bond donors (Lipinski definition) is 2. The van der Waals surface area contributed by atoms with Crippen molar-refractivity contribution >= 4 is 5.91 Å². The Kier molecular flexibility index (Phi) is 6.45. The lowest BCUT2D eigenvalue weighted by Crippen LogP contribution is -2.56. The number of aliphatic hydroxyl groups is 1. The van der Waals surface area contributed by atoms with Gasteiger partial charge in [0.25, 0.3) is 0 Å². The summed E-state index contributed by atoms with van der Waals surface area (Å²) >= 11 is 0. The summed E-state index contributed by atoms with van der Waals surface area (Å²) < 4.78 is 5.33. The minimum atomic E-state index is -0.598. The van der Waals surface area contributed by atoms with Gasteiger partial charge >= 0.3 is 0 Å². The molecule has 0 unspecified atom stereocenters. The number of amides is 1. The summed E-state index contributed by atoms with van der Waals surface area (Å²) in [7, 11) is 1.68. The number of methoxy groups -OCH3 is 1. The predicted octanol–water partition coefficient (Wildman–Crippen LogP) is 3.81. The molecule has 1 amide bonds. The molecule has 0 aromatic heterocycles. The summed E-state index contributed by atoms with van der Waals surface area (Å²) in [6, 6.07) is 8.62. The zero-order valence-electron chi connectivity index (χ0n) is 17.7. The Morgan fingerprint density at radius 3 is 2.55 bits per heavy atom. The first-order valence-electron chi connectivity index (χ1n) is 11.5. The third-order valence-electron chi connectivity index (χ3n) is 7.45. The van der Waals surface area contributed by atoms with Crippen molar-refractivity contribution in [2.75, 3.05) is 20.2 Å². The number of nitrogens with one attached hydrogen (secondary N) is 1. The zero-order chi connectivity index (χ0) is 20.3. The molecule has 5 heteroatoms. The van der Waals surface area contributed by atoms with E-state index in [4.69, 9.17) is 4.74 Å². The number of benzene rings is 1. The first kappa shape index (κ1) is 20.7. The standard InChI is InChI=1S/C24H36N2O3/c1-29-20-12-10-18(11-13-20)23-21-9-5-6-14-24(21,28)15-16-26(23)17-22(27)25-19-7-3-2-4-8-19/h10-13,19,21,23,28H,2-9,14-17H2,1H3,(H,25,27)/t21-,23+,24-/m0/s1. The van der Waals surface area contributed by atoms with Crippen LogP contribution >= 0.6 is 0 Å². The Labute approximate surface area is 174 Å². The fourth-order valence-corrected chi connectivity index (χ4v) is 5.87. The van der Waals surface area contributed by atoms with Crippen LogP contribution in [0.3, 0.4) is 0 Å². The minimum absolute atomic E-state index is 0.0806. The van der Waals surface area contributed by atoms with Gasteiger partial charge in [0.15, 0.2) is 0 Å². The average molecular weight is 401 g/mol. The highest BCUT2D eigenvalue weighted by Crippen LogP contribution is 2.49. The van der Waals surface area contributed by atoms with E-state index in [9.17, 15) is 9.90 Å². The maximum atomic E-state index is 12.9. The lowest BCUT2D eigenvalue weighted by atomic mass is 9.66. The van der Waals surface area contributed by atoms with Crippen LogP contribution in [0.1, 0.15) is 75.8 Å². The highest BCUT2D eigenvalue weighted by atomic mass is 16.5. The van der Waals surface area contributed by atoms with Crippen molar-refractivity contribution in [3.05, 3.63) is 29.8 Å². The first-order valence-corrected chi connectivity index (χ1v) is 11.5. The molecule has 0 spiro atoms. The third-order valence-corrected chi connectivity index (χ3v) is 7.45. The maximum absolute atomic E-state index is 12.9. The van der Waals surface area contributed by atoms with Gasteiger partial charge in [-0.3, -0.25) is 9.69 Å². The Morgan fingerprint density at radius 2 is 1.83 bits per heavy atom. The molecule has 2 saturated carbocycles. The highest BCUT2D eigenvalue weighted by Gasteiger charge is 2.49. The van der Waals surface area contributed by atoms with Crippen LogP contribution in [-0.4, -0.2) is 47.8 Å². The number of hydrogen-bond acceptors (Lipinski definition) is 4. The van der Waals surface area contributed by atoms with E-state index in [1.165, 1.54) is 24.8 Å². The van der Waals surface area contributed by atoms with Crippen LogP contribution in [0.5, 0.6) is 5.75 Å². The Hall–Kier alpha value is -1.59. The Balaban J connectivity index is 1.52. The molecule has 1 aromatic carbocycles. The molecular formula is C24H36N2O3. The van der Waals surface area contributed by atoms with E-state index >= 15 is 0 Å². The monoisotopic (exact) mass is 400 g/mol. The first-order chi connectivity index (χ1) is 14.1. The van der Waals surface area contributed by atoms with Crippen molar-refractivity contribution in [1.29, 1.82) is 0 Å². The maximum Gasteiger partial charge on any atom is 0.234 e. The number of ether oxygens (including phenoxy) is 1. The summed E-state index contributed by atoms with van der Waals surface area (Å²) in [5, 5.41) is 14.7. The summed E-state index contributed by atoms with van der Waals surface area (Å²) in [6.07, 6.45) is 10.9. The minimum Gasteiger partial charge on any atom is -0.497 e. The smallest absolute Gasteiger partial charge is 0.234 e. The predicted molar refractivity (Wildman–Crippen MR) is 114 cm³/mol. The summed E-state index contributed by atoms with van der Waals surface area (Å²) in [4.78, 5) is 15.2. The molecule has 2 aliphatic carbocycles. The quantitative estimate of drug-likeness (QED) is 0.789. The molecule has 1 aliphatic heterocycles. The summed E-state index contributed by atoms with van der Waals surface area (Å²) in [5.74, 6) is 1.16. The molecule has 0 bridgehead atoms. The molecule has 0 radical (unpaired) electrons. The second-order valence-corrected chi connectivity index (χ2v) is 9.30. The van der Waals surface area contributed by atoms with Crippen LogP contribution in [0.2, 0.25) is 0 Å². The lowest BCUT2D eigenvalue weighted by molar-refractivity contribution is -0.138. The van der Waals surface area contributed by atoms with Crippen molar-refractivity contribution in [3.63, 3.8) is 0 Å². The van der Waals surface area contributed by atoms with Crippen LogP contribution < -0.4 is 10.1 Å². The fraction of sp³-hybridized carbons (Fsp3) is 0.708. The van der Waals surface area contributed by atoms with Crippen LogP contribution in [0.25, 0.3) is 0 Å². The molecule has 3 aliphatic rings. The second-order valence-electron chi connectivity index (χ2n) is 9.30. The molecule has 3 fully saturated rings.